The highest BCUT2D eigenvalue weighted by Crippen LogP contribution is 2.31. The van der Waals surface area contributed by atoms with Gasteiger partial charge in [-0.15, -0.1) is 10.2 Å². The topological polar surface area (TPSA) is 73.0 Å². The van der Waals surface area contributed by atoms with Crippen LogP contribution < -0.4 is 5.32 Å². The summed E-state index contributed by atoms with van der Waals surface area (Å²) in [5, 5.41) is 12.7. The van der Waals surface area contributed by atoms with Crippen LogP contribution in [0.2, 0.25) is 10.0 Å². The predicted molar refractivity (Wildman–Crippen MR) is 117 cm³/mol. The van der Waals surface area contributed by atoms with Crippen molar-refractivity contribution in [3.63, 3.8) is 0 Å². The zero-order chi connectivity index (χ0) is 21.8. The molecule has 2 aromatic carbocycles. The number of hydrogen-bond donors (Lipinski definition) is 1. The Bertz CT molecular complexity index is 1200. The Hall–Kier alpha value is -2.81. The summed E-state index contributed by atoms with van der Waals surface area (Å²) in [5.41, 5.74) is 1.51. The average molecular weight is 477 g/mol. The van der Waals surface area contributed by atoms with Crippen molar-refractivity contribution >= 4 is 40.9 Å². The second-order valence-corrected chi connectivity index (χ2v) is 8.19. The summed E-state index contributed by atoms with van der Waals surface area (Å²) in [6.45, 7) is 0.0898. The third-order valence-corrected chi connectivity index (χ3v) is 5.84. The molecule has 31 heavy (non-hydrogen) atoms. The summed E-state index contributed by atoms with van der Waals surface area (Å²) in [4.78, 5) is 12.2. The molecule has 158 valence electrons. The van der Waals surface area contributed by atoms with Crippen LogP contribution in [0.5, 0.6) is 0 Å². The van der Waals surface area contributed by atoms with E-state index in [0.717, 1.165) is 5.56 Å². The molecule has 1 N–H and O–H groups in total. The molecule has 0 saturated carbocycles. The molecule has 2 aromatic heterocycles. The van der Waals surface area contributed by atoms with Gasteiger partial charge in [0.1, 0.15) is 5.82 Å². The number of rotatable bonds is 7. The number of hydrogen-bond acceptors (Lipinski definition) is 5. The van der Waals surface area contributed by atoms with Crippen LogP contribution in [0.1, 0.15) is 21.9 Å². The van der Waals surface area contributed by atoms with Crippen molar-refractivity contribution in [1.82, 2.24) is 20.1 Å². The van der Waals surface area contributed by atoms with E-state index in [2.05, 4.69) is 15.5 Å². The van der Waals surface area contributed by atoms with E-state index in [1.165, 1.54) is 30.2 Å². The molecular formula is C21H15Cl2FN4O2S. The quantitative estimate of drug-likeness (QED) is 0.355. The van der Waals surface area contributed by atoms with Gasteiger partial charge in [-0.1, -0.05) is 47.1 Å². The molecule has 0 spiro atoms. The monoisotopic (exact) mass is 476 g/mol. The molecule has 0 atom stereocenters. The maximum Gasteiger partial charge on any atom is 0.287 e. The van der Waals surface area contributed by atoms with Gasteiger partial charge in [-0.3, -0.25) is 9.36 Å². The van der Waals surface area contributed by atoms with Crippen LogP contribution >= 0.6 is 35.0 Å². The molecule has 0 saturated heterocycles. The minimum atomic E-state index is -0.378. The lowest BCUT2D eigenvalue weighted by Crippen LogP contribution is -2.24. The molecule has 0 aliphatic rings. The van der Waals surface area contributed by atoms with Crippen LogP contribution in [0.15, 0.2) is 70.4 Å². The molecule has 6 nitrogen and oxygen atoms in total. The Kier molecular flexibility index (Phi) is 6.60. The molecule has 0 unspecified atom stereocenters. The number of aromatic nitrogens is 3. The third kappa shape index (κ3) is 5.10. The molecule has 0 aliphatic carbocycles. The number of nitrogens with one attached hydrogen (secondary N) is 1. The lowest BCUT2D eigenvalue weighted by Gasteiger charge is -2.13. The van der Waals surface area contributed by atoms with E-state index in [-0.39, 0.29) is 24.0 Å². The fourth-order valence-electron chi connectivity index (χ4n) is 2.79. The van der Waals surface area contributed by atoms with Crippen molar-refractivity contribution in [1.29, 1.82) is 0 Å². The maximum atomic E-state index is 13.2. The van der Waals surface area contributed by atoms with Gasteiger partial charge in [0.25, 0.3) is 5.91 Å². The van der Waals surface area contributed by atoms with Gasteiger partial charge in [-0.05, 0) is 48.0 Å². The zero-order valence-electron chi connectivity index (χ0n) is 15.9. The Morgan fingerprint density at radius 2 is 1.94 bits per heavy atom. The Labute approximate surface area is 191 Å². The van der Waals surface area contributed by atoms with Crippen LogP contribution in [0.25, 0.3) is 5.69 Å². The minimum absolute atomic E-state index is 0.0898. The van der Waals surface area contributed by atoms with E-state index in [4.69, 9.17) is 27.6 Å². The van der Waals surface area contributed by atoms with Crippen molar-refractivity contribution in [2.24, 2.45) is 0 Å². The molecule has 1 amide bonds. The van der Waals surface area contributed by atoms with E-state index < -0.39 is 0 Å². The van der Waals surface area contributed by atoms with E-state index in [9.17, 15) is 9.18 Å². The van der Waals surface area contributed by atoms with Gasteiger partial charge in [0, 0.05) is 10.8 Å². The van der Waals surface area contributed by atoms with E-state index in [0.29, 0.717) is 32.5 Å². The van der Waals surface area contributed by atoms with Crippen molar-refractivity contribution in [3.05, 3.63) is 93.9 Å². The maximum absolute atomic E-state index is 13.2. The number of furan rings is 1. The van der Waals surface area contributed by atoms with Crippen LogP contribution in [0.3, 0.4) is 0 Å². The molecule has 0 radical (unpaired) electrons. The highest BCUT2D eigenvalue weighted by Gasteiger charge is 2.19. The summed E-state index contributed by atoms with van der Waals surface area (Å²) >= 11 is 14.0. The molecule has 2 heterocycles. The van der Waals surface area contributed by atoms with Gasteiger partial charge < -0.3 is 9.73 Å². The largest absolute Gasteiger partial charge is 0.459 e. The number of thioether (sulfide) groups is 1. The number of halogens is 3. The fraction of sp³-hybridized carbons (Fsp3) is 0.0952. The van der Waals surface area contributed by atoms with Crippen LogP contribution in [-0.2, 0) is 12.3 Å². The lowest BCUT2D eigenvalue weighted by molar-refractivity contribution is 0.0922. The Balaban J connectivity index is 1.62. The molecule has 0 fully saturated rings. The number of nitrogens with zero attached hydrogens (tertiary/aromatic N) is 3. The third-order valence-electron chi connectivity index (χ3n) is 4.28. The van der Waals surface area contributed by atoms with Gasteiger partial charge in [-0.2, -0.15) is 0 Å². The first kappa shape index (κ1) is 21.4. The second-order valence-electron chi connectivity index (χ2n) is 6.41. The average Bonchev–Trinajstić information content (AvgIpc) is 3.44. The molecule has 10 heteroatoms. The normalized spacial score (nSPS) is 10.9. The zero-order valence-corrected chi connectivity index (χ0v) is 18.2. The highest BCUT2D eigenvalue weighted by molar-refractivity contribution is 7.98. The smallest absolute Gasteiger partial charge is 0.287 e. The number of carbonyl (C=O) groups excluding carboxylic acids is 1. The van der Waals surface area contributed by atoms with Gasteiger partial charge in [0.2, 0.25) is 0 Å². The first-order chi connectivity index (χ1) is 15.0. The van der Waals surface area contributed by atoms with Crippen LogP contribution in [-0.4, -0.2) is 20.7 Å². The summed E-state index contributed by atoms with van der Waals surface area (Å²) < 4.78 is 20.0. The van der Waals surface area contributed by atoms with Crippen LogP contribution in [0.4, 0.5) is 4.39 Å². The Morgan fingerprint density at radius 1 is 1.13 bits per heavy atom. The Morgan fingerprint density at radius 3 is 2.68 bits per heavy atom. The lowest BCUT2D eigenvalue weighted by atomic mass is 10.2. The first-order valence-corrected chi connectivity index (χ1v) is 10.8. The molecule has 0 aliphatic heterocycles. The summed E-state index contributed by atoms with van der Waals surface area (Å²) in [5.74, 6) is 0.521. The van der Waals surface area contributed by atoms with Crippen LogP contribution in [0, 0.1) is 5.82 Å². The van der Waals surface area contributed by atoms with Gasteiger partial charge >= 0.3 is 0 Å². The molecule has 4 rings (SSSR count). The second kappa shape index (κ2) is 9.55. The van der Waals surface area contributed by atoms with Gasteiger partial charge in [0.05, 0.1) is 23.5 Å². The number of benzene rings is 2. The molecular weight excluding hydrogens is 462 g/mol. The summed E-state index contributed by atoms with van der Waals surface area (Å²) in [6, 6.07) is 14.5. The van der Waals surface area contributed by atoms with E-state index in [1.807, 2.05) is 0 Å². The van der Waals surface area contributed by atoms with Crippen molar-refractivity contribution in [2.75, 3.05) is 0 Å². The predicted octanol–water partition coefficient (Wildman–Crippen LogP) is 5.53. The fourth-order valence-corrected chi connectivity index (χ4v) is 4.08. The SMILES string of the molecule is O=C(NCc1nnc(SCc2ccc(F)cc2)n1-c1cc(Cl)ccc1Cl)c1ccco1. The van der Waals surface area contributed by atoms with Gasteiger partial charge in [-0.25, -0.2) is 4.39 Å². The standard InChI is InChI=1S/C21H15Cl2FN4O2S/c22-14-5-8-16(23)17(10-14)28-19(11-25-20(29)18-2-1-9-30-18)26-27-21(28)31-12-13-3-6-15(24)7-4-13/h1-10H,11-12H2,(H,25,29). The summed E-state index contributed by atoms with van der Waals surface area (Å²) in [7, 11) is 0. The van der Waals surface area contributed by atoms with Crippen molar-refractivity contribution < 1.29 is 13.6 Å². The number of carbonyl (C=O) groups is 1. The molecule has 0 bridgehead atoms. The first-order valence-electron chi connectivity index (χ1n) is 9.10. The highest BCUT2D eigenvalue weighted by atomic mass is 35.5. The number of amides is 1. The van der Waals surface area contributed by atoms with Gasteiger partial charge in [0.15, 0.2) is 16.7 Å². The van der Waals surface area contributed by atoms with Crippen molar-refractivity contribution in [2.45, 2.75) is 17.5 Å². The van der Waals surface area contributed by atoms with E-state index in [1.54, 1.807) is 47.0 Å². The summed E-state index contributed by atoms with van der Waals surface area (Å²) in [6.07, 6.45) is 1.42. The molecule has 4 aromatic rings. The minimum Gasteiger partial charge on any atom is -0.459 e. The van der Waals surface area contributed by atoms with E-state index >= 15 is 0 Å². The van der Waals surface area contributed by atoms with Crippen molar-refractivity contribution in [3.8, 4) is 5.69 Å².